The zero-order valence-corrected chi connectivity index (χ0v) is 17.3. The van der Waals surface area contributed by atoms with Gasteiger partial charge in [0.15, 0.2) is 0 Å². The summed E-state index contributed by atoms with van der Waals surface area (Å²) in [5.74, 6) is 1.70. The Kier molecular flexibility index (Phi) is 3.27. The van der Waals surface area contributed by atoms with Crippen LogP contribution in [0.3, 0.4) is 0 Å². The maximum Gasteiger partial charge on any atom is 0.239 e. The highest BCUT2D eigenvalue weighted by Gasteiger charge is 2.53. The molecule has 7 nitrogen and oxygen atoms in total. The summed E-state index contributed by atoms with van der Waals surface area (Å²) in [7, 11) is 1.82. The summed E-state index contributed by atoms with van der Waals surface area (Å²) in [6, 6.07) is 14.2. The summed E-state index contributed by atoms with van der Waals surface area (Å²) >= 11 is 0. The molecule has 3 aromatic heterocycles. The maximum absolute atomic E-state index is 13.3. The number of nitrogens with one attached hydrogen (secondary N) is 1. The van der Waals surface area contributed by atoms with Crippen molar-refractivity contribution in [2.45, 2.75) is 18.3 Å². The Hall–Kier alpha value is -4.13. The van der Waals surface area contributed by atoms with Crippen molar-refractivity contribution in [2.24, 2.45) is 0 Å². The third-order valence-corrected chi connectivity index (χ3v) is 6.86. The number of likely N-dealkylation sites (N-methyl/N-ethyl adjacent to an activating group) is 1. The first-order valence-corrected chi connectivity index (χ1v) is 10.6. The Morgan fingerprint density at radius 1 is 0.906 bits per heavy atom. The van der Waals surface area contributed by atoms with E-state index in [4.69, 9.17) is 4.98 Å². The van der Waals surface area contributed by atoms with Gasteiger partial charge in [-0.1, -0.05) is 6.07 Å². The Morgan fingerprint density at radius 3 is 2.59 bits per heavy atom. The molecule has 1 spiro atoms. The van der Waals surface area contributed by atoms with Gasteiger partial charge in [-0.25, -0.2) is 9.97 Å². The fourth-order valence-electron chi connectivity index (χ4n) is 5.35. The predicted octanol–water partition coefficient (Wildman–Crippen LogP) is 3.58. The van der Waals surface area contributed by atoms with E-state index in [1.54, 1.807) is 23.5 Å². The molecule has 1 N–H and O–H groups in total. The fraction of sp³-hybridized carbons (Fsp3) is 0.160. The van der Waals surface area contributed by atoms with Gasteiger partial charge in [0.1, 0.15) is 11.6 Å². The number of benzene rings is 2. The number of imidazole rings is 1. The van der Waals surface area contributed by atoms with Crippen LogP contribution in [0, 0.1) is 0 Å². The van der Waals surface area contributed by atoms with Crippen molar-refractivity contribution in [3.8, 4) is 11.4 Å². The van der Waals surface area contributed by atoms with Crippen LogP contribution >= 0.6 is 0 Å². The summed E-state index contributed by atoms with van der Waals surface area (Å²) in [5, 5.41) is 0. The third-order valence-electron chi connectivity index (χ3n) is 6.86. The number of H-pyrrole nitrogens is 1. The van der Waals surface area contributed by atoms with Crippen LogP contribution in [0.5, 0.6) is 0 Å². The second kappa shape index (κ2) is 5.97. The summed E-state index contributed by atoms with van der Waals surface area (Å²) in [5.41, 5.74) is 7.38. The fourth-order valence-corrected chi connectivity index (χ4v) is 5.35. The van der Waals surface area contributed by atoms with Crippen molar-refractivity contribution in [1.82, 2.24) is 24.9 Å². The summed E-state index contributed by atoms with van der Waals surface area (Å²) in [4.78, 5) is 36.5. The molecule has 154 valence electrons. The van der Waals surface area contributed by atoms with Gasteiger partial charge in [-0.2, -0.15) is 0 Å². The number of pyridine rings is 1. The minimum absolute atomic E-state index is 0.122. The van der Waals surface area contributed by atoms with E-state index in [0.717, 1.165) is 44.8 Å². The number of hydrogen-bond donors (Lipinski definition) is 1. The van der Waals surface area contributed by atoms with Gasteiger partial charge in [0.2, 0.25) is 5.91 Å². The zero-order chi connectivity index (χ0) is 21.4. The lowest BCUT2D eigenvalue weighted by Crippen LogP contribution is -2.39. The SMILES string of the molecule is CN1C(=O)C2(Cc3cc4nc(-c5ccc6nccnc6c5)[nH]c4cc3C2)c2cccnc21. The average molecular weight is 418 g/mol. The highest BCUT2D eigenvalue weighted by Crippen LogP contribution is 2.49. The molecule has 4 heterocycles. The molecule has 5 aromatic rings. The molecule has 0 saturated carbocycles. The lowest BCUT2D eigenvalue weighted by atomic mass is 9.79. The molecule has 0 saturated heterocycles. The van der Waals surface area contributed by atoms with Crippen LogP contribution < -0.4 is 4.90 Å². The number of nitrogens with zero attached hydrogens (tertiary/aromatic N) is 5. The van der Waals surface area contributed by atoms with Crippen LogP contribution in [-0.2, 0) is 23.1 Å². The van der Waals surface area contributed by atoms with E-state index in [1.165, 1.54) is 11.1 Å². The number of fused-ring (bicyclic) bond motifs is 5. The molecule has 1 atom stereocenters. The molecule has 2 aromatic carbocycles. The number of aromatic amines is 1. The number of rotatable bonds is 1. The first kappa shape index (κ1) is 17.5. The minimum atomic E-state index is -0.556. The highest BCUT2D eigenvalue weighted by molar-refractivity contribution is 6.08. The van der Waals surface area contributed by atoms with E-state index in [9.17, 15) is 4.79 Å². The number of carbonyl (C=O) groups excluding carboxylic acids is 1. The average Bonchev–Trinajstić information content (AvgIpc) is 3.47. The maximum atomic E-state index is 13.3. The van der Waals surface area contributed by atoms with Gasteiger partial charge in [0.05, 0.1) is 27.5 Å². The molecule has 1 aliphatic heterocycles. The number of carbonyl (C=O) groups is 1. The molecule has 1 aliphatic carbocycles. The van der Waals surface area contributed by atoms with Crippen LogP contribution in [0.25, 0.3) is 33.5 Å². The van der Waals surface area contributed by atoms with Crippen molar-refractivity contribution in [1.29, 1.82) is 0 Å². The van der Waals surface area contributed by atoms with Crippen molar-refractivity contribution < 1.29 is 4.79 Å². The third kappa shape index (κ3) is 2.22. The van der Waals surface area contributed by atoms with Crippen LogP contribution in [0.2, 0.25) is 0 Å². The lowest BCUT2D eigenvalue weighted by molar-refractivity contribution is -0.122. The second-order valence-electron chi connectivity index (χ2n) is 8.66. The van der Waals surface area contributed by atoms with Gasteiger partial charge in [-0.05, 0) is 60.4 Å². The van der Waals surface area contributed by atoms with E-state index >= 15 is 0 Å². The standard InChI is InChI=1S/C25H18N6O/c1-31-23-17(3-2-6-28-23)25(24(31)32)12-15-10-20-21(11-16(15)13-25)30-22(29-20)14-4-5-18-19(9-14)27-8-7-26-18/h2-11H,12-13H2,1H3,(H,29,30). The molecule has 1 unspecified atom stereocenters. The number of amides is 1. The molecule has 32 heavy (non-hydrogen) atoms. The van der Waals surface area contributed by atoms with Gasteiger partial charge in [-0.15, -0.1) is 0 Å². The molecule has 7 rings (SSSR count). The van der Waals surface area contributed by atoms with E-state index in [1.807, 2.05) is 37.4 Å². The Morgan fingerprint density at radius 2 is 1.72 bits per heavy atom. The monoisotopic (exact) mass is 418 g/mol. The van der Waals surface area contributed by atoms with Crippen LogP contribution in [0.4, 0.5) is 5.82 Å². The molecule has 2 aliphatic rings. The normalized spacial score (nSPS) is 16.3. The molecular formula is C25H18N6O. The Bertz CT molecular complexity index is 1540. The lowest BCUT2D eigenvalue weighted by Gasteiger charge is -2.21. The molecule has 0 radical (unpaired) electrons. The van der Waals surface area contributed by atoms with Crippen molar-refractivity contribution >= 4 is 33.8 Å². The van der Waals surface area contributed by atoms with Gasteiger partial charge in [-0.3, -0.25) is 19.7 Å². The van der Waals surface area contributed by atoms with Crippen molar-refractivity contribution in [3.05, 3.63) is 77.7 Å². The van der Waals surface area contributed by atoms with E-state index in [2.05, 4.69) is 32.1 Å². The zero-order valence-electron chi connectivity index (χ0n) is 17.3. The Balaban J connectivity index is 1.31. The number of aromatic nitrogens is 5. The molecule has 0 bridgehead atoms. The first-order valence-electron chi connectivity index (χ1n) is 10.6. The van der Waals surface area contributed by atoms with Crippen LogP contribution in [0.15, 0.2) is 61.1 Å². The predicted molar refractivity (Wildman–Crippen MR) is 121 cm³/mol. The van der Waals surface area contributed by atoms with Gasteiger partial charge in [0, 0.05) is 36.8 Å². The number of anilines is 1. The summed E-state index contributed by atoms with van der Waals surface area (Å²) in [6.45, 7) is 0. The molecule has 0 fully saturated rings. The minimum Gasteiger partial charge on any atom is -0.338 e. The smallest absolute Gasteiger partial charge is 0.239 e. The highest BCUT2D eigenvalue weighted by atomic mass is 16.2. The topological polar surface area (TPSA) is 87.7 Å². The van der Waals surface area contributed by atoms with Crippen LogP contribution in [-0.4, -0.2) is 37.9 Å². The van der Waals surface area contributed by atoms with E-state index in [0.29, 0.717) is 12.8 Å². The van der Waals surface area contributed by atoms with Gasteiger partial charge < -0.3 is 4.98 Å². The van der Waals surface area contributed by atoms with Crippen LogP contribution in [0.1, 0.15) is 16.7 Å². The van der Waals surface area contributed by atoms with Crippen molar-refractivity contribution in [3.63, 3.8) is 0 Å². The van der Waals surface area contributed by atoms with Crippen molar-refractivity contribution in [2.75, 3.05) is 11.9 Å². The van der Waals surface area contributed by atoms with E-state index < -0.39 is 5.41 Å². The van der Waals surface area contributed by atoms with E-state index in [-0.39, 0.29) is 5.91 Å². The summed E-state index contributed by atoms with van der Waals surface area (Å²) < 4.78 is 0. The summed E-state index contributed by atoms with van der Waals surface area (Å²) in [6.07, 6.45) is 6.49. The molecule has 7 heteroatoms. The largest absolute Gasteiger partial charge is 0.338 e. The molecule has 1 amide bonds. The van der Waals surface area contributed by atoms with Gasteiger partial charge in [0.25, 0.3) is 0 Å². The second-order valence-corrected chi connectivity index (χ2v) is 8.66. The van der Waals surface area contributed by atoms with Gasteiger partial charge >= 0.3 is 0 Å². The Labute approximate surface area is 183 Å². The first-order chi connectivity index (χ1) is 15.6. The quantitative estimate of drug-likeness (QED) is 0.450. The molecular weight excluding hydrogens is 400 g/mol. The number of hydrogen-bond acceptors (Lipinski definition) is 5.